The van der Waals surface area contributed by atoms with Crippen LogP contribution in [0.1, 0.15) is 29.9 Å². The molecule has 4 heteroatoms. The highest BCUT2D eigenvalue weighted by Crippen LogP contribution is 2.02. The number of nitrogens with one attached hydrogen (secondary N) is 1. The fraction of sp³-hybridized carbons (Fsp3) is 0.400. The van der Waals surface area contributed by atoms with Crippen molar-refractivity contribution in [1.29, 1.82) is 0 Å². The second-order valence-electron chi connectivity index (χ2n) is 3.27. The van der Waals surface area contributed by atoms with Gasteiger partial charge in [0, 0.05) is 6.20 Å². The van der Waals surface area contributed by atoms with Crippen molar-refractivity contribution in [3.63, 3.8) is 0 Å². The third-order valence-electron chi connectivity index (χ3n) is 1.61. The van der Waals surface area contributed by atoms with E-state index >= 15 is 0 Å². The molecule has 76 valence electrons. The predicted molar refractivity (Wildman–Crippen MR) is 52.7 cm³/mol. The number of hydrogen-bond donors (Lipinski definition) is 1. The van der Waals surface area contributed by atoms with Crippen LogP contribution < -0.4 is 5.48 Å². The van der Waals surface area contributed by atoms with Crippen LogP contribution in [0.15, 0.2) is 18.3 Å². The Bertz CT molecular complexity index is 324. The molecule has 14 heavy (non-hydrogen) atoms. The summed E-state index contributed by atoms with van der Waals surface area (Å²) in [6.07, 6.45) is 1.54. The van der Waals surface area contributed by atoms with Crippen LogP contribution in [0.2, 0.25) is 0 Å². The van der Waals surface area contributed by atoms with Gasteiger partial charge in [0.05, 0.1) is 6.10 Å². The van der Waals surface area contributed by atoms with E-state index in [1.165, 1.54) is 0 Å². The van der Waals surface area contributed by atoms with Gasteiger partial charge in [0.2, 0.25) is 0 Å². The molecule has 0 bridgehead atoms. The minimum atomic E-state index is -0.309. The first-order chi connectivity index (χ1) is 6.61. The summed E-state index contributed by atoms with van der Waals surface area (Å²) in [5.74, 6) is -0.309. The molecule has 0 spiro atoms. The SMILES string of the molecule is Cc1cccnc1C(=O)NOC(C)C. The second kappa shape index (κ2) is 4.72. The topological polar surface area (TPSA) is 51.2 Å². The van der Waals surface area contributed by atoms with Crippen LogP contribution in [-0.2, 0) is 4.84 Å². The number of nitrogens with zero attached hydrogens (tertiary/aromatic N) is 1. The Hall–Kier alpha value is -1.42. The van der Waals surface area contributed by atoms with E-state index in [9.17, 15) is 4.79 Å². The largest absolute Gasteiger partial charge is 0.293 e. The van der Waals surface area contributed by atoms with Crippen LogP contribution in [0.25, 0.3) is 0 Å². The summed E-state index contributed by atoms with van der Waals surface area (Å²) in [5, 5.41) is 0. The Morgan fingerprint density at radius 2 is 2.29 bits per heavy atom. The molecule has 1 aromatic heterocycles. The molecule has 1 heterocycles. The molecule has 1 rings (SSSR count). The first-order valence-corrected chi connectivity index (χ1v) is 4.49. The maximum atomic E-state index is 11.5. The van der Waals surface area contributed by atoms with Crippen molar-refractivity contribution < 1.29 is 9.63 Å². The summed E-state index contributed by atoms with van der Waals surface area (Å²) >= 11 is 0. The number of carbonyl (C=O) groups is 1. The number of amides is 1. The molecular weight excluding hydrogens is 180 g/mol. The molecule has 0 aliphatic carbocycles. The van der Waals surface area contributed by atoms with E-state index < -0.39 is 0 Å². The van der Waals surface area contributed by atoms with Crippen molar-refractivity contribution >= 4 is 5.91 Å². The summed E-state index contributed by atoms with van der Waals surface area (Å²) in [4.78, 5) is 20.4. The average Bonchev–Trinajstić information content (AvgIpc) is 2.15. The summed E-state index contributed by atoms with van der Waals surface area (Å²) in [6, 6.07) is 3.62. The Balaban J connectivity index is 2.65. The van der Waals surface area contributed by atoms with Crippen molar-refractivity contribution in [2.45, 2.75) is 26.9 Å². The van der Waals surface area contributed by atoms with Gasteiger partial charge in [0.1, 0.15) is 5.69 Å². The number of hydroxylamine groups is 1. The lowest BCUT2D eigenvalue weighted by atomic mass is 10.2. The lowest BCUT2D eigenvalue weighted by Gasteiger charge is -2.08. The van der Waals surface area contributed by atoms with Gasteiger partial charge < -0.3 is 0 Å². The summed E-state index contributed by atoms with van der Waals surface area (Å²) < 4.78 is 0. The van der Waals surface area contributed by atoms with Crippen LogP contribution in [-0.4, -0.2) is 17.0 Å². The summed E-state index contributed by atoms with van der Waals surface area (Å²) in [7, 11) is 0. The van der Waals surface area contributed by atoms with Gasteiger partial charge in [-0.2, -0.15) is 0 Å². The molecule has 0 saturated heterocycles. The van der Waals surface area contributed by atoms with E-state index in [-0.39, 0.29) is 12.0 Å². The first-order valence-electron chi connectivity index (χ1n) is 4.49. The molecule has 0 aliphatic heterocycles. The quantitative estimate of drug-likeness (QED) is 0.741. The monoisotopic (exact) mass is 194 g/mol. The minimum absolute atomic E-state index is 0.0389. The third kappa shape index (κ3) is 2.81. The number of hydrogen-bond acceptors (Lipinski definition) is 3. The van der Waals surface area contributed by atoms with Crippen molar-refractivity contribution in [2.75, 3.05) is 0 Å². The first kappa shape index (κ1) is 10.7. The van der Waals surface area contributed by atoms with E-state index in [1.54, 1.807) is 12.3 Å². The lowest BCUT2D eigenvalue weighted by molar-refractivity contribution is -0.000184. The molecular formula is C10H14N2O2. The van der Waals surface area contributed by atoms with Crippen LogP contribution in [0.4, 0.5) is 0 Å². The van der Waals surface area contributed by atoms with E-state index in [1.807, 2.05) is 26.8 Å². The fourth-order valence-corrected chi connectivity index (χ4v) is 0.943. The van der Waals surface area contributed by atoms with Gasteiger partial charge in [-0.25, -0.2) is 5.48 Å². The molecule has 1 amide bonds. The van der Waals surface area contributed by atoms with Crippen LogP contribution >= 0.6 is 0 Å². The Kier molecular flexibility index (Phi) is 3.59. The maximum Gasteiger partial charge on any atom is 0.293 e. The normalized spacial score (nSPS) is 10.3. The zero-order valence-electron chi connectivity index (χ0n) is 8.57. The molecule has 0 aliphatic rings. The van der Waals surface area contributed by atoms with Gasteiger partial charge in [0.15, 0.2) is 0 Å². The van der Waals surface area contributed by atoms with Crippen molar-refractivity contribution in [2.24, 2.45) is 0 Å². The Labute approximate surface area is 83.3 Å². The van der Waals surface area contributed by atoms with Crippen molar-refractivity contribution in [1.82, 2.24) is 10.5 Å². The van der Waals surface area contributed by atoms with Crippen LogP contribution in [0.5, 0.6) is 0 Å². The molecule has 1 aromatic rings. The molecule has 0 radical (unpaired) electrons. The molecule has 0 unspecified atom stereocenters. The standard InChI is InChI=1S/C10H14N2O2/c1-7(2)14-12-10(13)9-8(3)5-4-6-11-9/h4-7H,1-3H3,(H,12,13). The predicted octanol–water partition coefficient (Wildman–Crippen LogP) is 1.46. The van der Waals surface area contributed by atoms with Gasteiger partial charge in [-0.3, -0.25) is 14.6 Å². The van der Waals surface area contributed by atoms with E-state index in [0.29, 0.717) is 5.69 Å². The number of pyridine rings is 1. The molecule has 4 nitrogen and oxygen atoms in total. The summed E-state index contributed by atoms with van der Waals surface area (Å²) in [5.41, 5.74) is 3.57. The molecule has 0 fully saturated rings. The molecule has 0 saturated carbocycles. The number of aromatic nitrogens is 1. The average molecular weight is 194 g/mol. The molecule has 0 atom stereocenters. The van der Waals surface area contributed by atoms with Crippen molar-refractivity contribution in [3.8, 4) is 0 Å². The number of carbonyl (C=O) groups excluding carboxylic acids is 1. The van der Waals surface area contributed by atoms with E-state index in [0.717, 1.165) is 5.56 Å². The summed E-state index contributed by atoms with van der Waals surface area (Å²) in [6.45, 7) is 5.51. The highest BCUT2D eigenvalue weighted by Gasteiger charge is 2.09. The highest BCUT2D eigenvalue weighted by atomic mass is 16.7. The van der Waals surface area contributed by atoms with Gasteiger partial charge in [0.25, 0.3) is 5.91 Å². The number of aryl methyl sites for hydroxylation is 1. The van der Waals surface area contributed by atoms with Gasteiger partial charge in [-0.15, -0.1) is 0 Å². The Morgan fingerprint density at radius 1 is 1.57 bits per heavy atom. The minimum Gasteiger partial charge on any atom is -0.271 e. The lowest BCUT2D eigenvalue weighted by Crippen LogP contribution is -2.28. The smallest absolute Gasteiger partial charge is 0.271 e. The Morgan fingerprint density at radius 3 is 2.86 bits per heavy atom. The number of rotatable bonds is 3. The van der Waals surface area contributed by atoms with Crippen molar-refractivity contribution in [3.05, 3.63) is 29.6 Å². The molecule has 1 N–H and O–H groups in total. The zero-order valence-corrected chi connectivity index (χ0v) is 8.57. The van der Waals surface area contributed by atoms with E-state index in [4.69, 9.17) is 4.84 Å². The second-order valence-corrected chi connectivity index (χ2v) is 3.27. The highest BCUT2D eigenvalue weighted by molar-refractivity contribution is 5.92. The van der Waals surface area contributed by atoms with E-state index in [2.05, 4.69) is 10.5 Å². The third-order valence-corrected chi connectivity index (χ3v) is 1.61. The zero-order chi connectivity index (χ0) is 10.6. The fourth-order valence-electron chi connectivity index (χ4n) is 0.943. The van der Waals surface area contributed by atoms with Gasteiger partial charge in [-0.05, 0) is 32.4 Å². The van der Waals surface area contributed by atoms with Crippen LogP contribution in [0.3, 0.4) is 0 Å². The molecule has 0 aromatic carbocycles. The van der Waals surface area contributed by atoms with Crippen LogP contribution in [0, 0.1) is 6.92 Å². The van der Waals surface area contributed by atoms with Gasteiger partial charge >= 0.3 is 0 Å². The maximum absolute atomic E-state index is 11.5. The van der Waals surface area contributed by atoms with Gasteiger partial charge in [-0.1, -0.05) is 6.07 Å².